The Morgan fingerprint density at radius 2 is 0.641 bits per heavy atom. The molecule has 3 fully saturated rings. The van der Waals surface area contributed by atoms with Gasteiger partial charge >= 0.3 is 31.7 Å². The van der Waals surface area contributed by atoms with E-state index in [4.69, 9.17) is 46.9 Å². The van der Waals surface area contributed by atoms with E-state index in [1.54, 1.807) is 0 Å². The van der Waals surface area contributed by atoms with Crippen LogP contribution in [0.1, 0.15) is 413 Å². The fourth-order valence-corrected chi connectivity index (χ4v) is 16.7. The zero-order valence-corrected chi connectivity index (χ0v) is 74.2. The van der Waals surface area contributed by atoms with E-state index < -0.39 is 162 Å². The fraction of sp³-hybridized carbons (Fsp3) is 0.934. The lowest BCUT2D eigenvalue weighted by Gasteiger charge is -2.50. The molecular formula is C91H169O25P. The first-order valence-electron chi connectivity index (χ1n) is 47.4. The van der Waals surface area contributed by atoms with Crippen LogP contribution in [0.4, 0.5) is 0 Å². The topological polar surface area (TPSA) is 380 Å². The SMILES string of the molecule is CCCCCC/C=C\CCCCCCCCCC(=O)OCC1OC(OC2C(OC(=O)CCCCCCCCCCCCCCCCC)C(O)C(O)C(OC3OC(CO)C(O)C(O)C3O)C2OP(=O)(O)OCC(COC(=O)CCCCCCCCCCCCCCC)OC(=O)CCCCCCCCCCCCCCCCC)C(O)C(O)C1O. The van der Waals surface area contributed by atoms with Crippen LogP contribution in [-0.2, 0) is 70.7 Å². The van der Waals surface area contributed by atoms with Crippen molar-refractivity contribution >= 4 is 31.7 Å². The van der Waals surface area contributed by atoms with Gasteiger partial charge < -0.3 is 88.7 Å². The molecule has 0 radical (unpaired) electrons. The predicted molar refractivity (Wildman–Crippen MR) is 453 cm³/mol. The van der Waals surface area contributed by atoms with Crippen LogP contribution in [-0.4, -0.2) is 205 Å². The molecule has 18 atom stereocenters. The average molecular weight is 1690 g/mol. The molecule has 25 nitrogen and oxygen atoms in total. The smallest absolute Gasteiger partial charge is 0.463 e. The second-order valence-electron chi connectivity index (χ2n) is 33.9. The predicted octanol–water partition coefficient (Wildman–Crippen LogP) is 17.6. The molecule has 117 heavy (non-hydrogen) atoms. The van der Waals surface area contributed by atoms with Gasteiger partial charge in [0.25, 0.3) is 0 Å². The number of phosphoric ester groups is 1. The third kappa shape index (κ3) is 50.7. The Labute approximate surface area is 705 Å². The van der Waals surface area contributed by atoms with Gasteiger partial charge in [-0.05, 0) is 51.4 Å². The standard InChI is InChI=1S/C91H169O25P/c1-5-9-13-17-21-25-29-33-36-40-44-48-52-56-60-64-75(94)108-70-73-79(98)81(100)85(104)91(112-73)115-88-86(113-77(96)66-62-58-54-50-46-42-38-35-31-27-23-19-15-11-7-3)82(101)83(102)87(114-90-84(103)80(99)78(97)72(67-92)111-90)89(88)116-117(105,106)109-69-71(68-107-74(93)63-59-55-51-47-43-39-32-28-24-20-16-12-8-4)110-76(95)65-61-57-53-49-45-41-37-34-30-26-22-18-14-10-6-2/h25,29,71-73,78-92,97-104H,5-24,26-28,30-70H2,1-4H3,(H,105,106)/b29-25-. The van der Waals surface area contributed by atoms with Gasteiger partial charge in [0, 0.05) is 25.7 Å². The van der Waals surface area contributed by atoms with Gasteiger partial charge in [-0.3, -0.25) is 28.2 Å². The Kier molecular flexibility index (Phi) is 65.3. The Hall–Kier alpha value is -2.79. The lowest BCUT2D eigenvalue weighted by molar-refractivity contribution is -0.360. The molecule has 10 N–H and O–H groups in total. The summed E-state index contributed by atoms with van der Waals surface area (Å²) >= 11 is 0. The molecule has 0 aromatic rings. The summed E-state index contributed by atoms with van der Waals surface area (Å²) < 4.78 is 73.5. The van der Waals surface area contributed by atoms with Crippen LogP contribution in [0.2, 0.25) is 0 Å². The van der Waals surface area contributed by atoms with Gasteiger partial charge in [-0.2, -0.15) is 0 Å². The summed E-state index contributed by atoms with van der Waals surface area (Å²) in [4.78, 5) is 66.5. The fourth-order valence-electron chi connectivity index (χ4n) is 15.7. The van der Waals surface area contributed by atoms with E-state index in [0.29, 0.717) is 32.1 Å². The summed E-state index contributed by atoms with van der Waals surface area (Å²) in [5.74, 6) is -2.95. The molecule has 3 aliphatic rings. The maximum atomic E-state index is 14.9. The van der Waals surface area contributed by atoms with E-state index in [1.165, 1.54) is 180 Å². The second kappa shape index (κ2) is 70.5. The normalized spacial score (nSPS) is 25.0. The number of esters is 4. The van der Waals surface area contributed by atoms with Gasteiger partial charge in [0.05, 0.1) is 13.2 Å². The highest BCUT2D eigenvalue weighted by atomic mass is 31.2. The van der Waals surface area contributed by atoms with Gasteiger partial charge in [-0.15, -0.1) is 0 Å². The van der Waals surface area contributed by atoms with E-state index in [0.717, 1.165) is 148 Å². The summed E-state index contributed by atoms with van der Waals surface area (Å²) in [5, 5.41) is 102. The van der Waals surface area contributed by atoms with Crippen molar-refractivity contribution in [3.8, 4) is 0 Å². The molecule has 2 aliphatic heterocycles. The van der Waals surface area contributed by atoms with E-state index in [9.17, 15) is 74.6 Å². The van der Waals surface area contributed by atoms with Crippen LogP contribution in [0.15, 0.2) is 12.2 Å². The first kappa shape index (κ1) is 108. The maximum Gasteiger partial charge on any atom is 0.472 e. The number of unbranched alkanes of at least 4 members (excludes halogenated alkanes) is 51. The molecule has 1 saturated carbocycles. The highest BCUT2D eigenvalue weighted by Crippen LogP contribution is 2.49. The van der Waals surface area contributed by atoms with Gasteiger partial charge in [0.15, 0.2) is 24.8 Å². The summed E-state index contributed by atoms with van der Waals surface area (Å²) in [6.07, 6.45) is 29.1. The summed E-state index contributed by atoms with van der Waals surface area (Å²) in [6, 6.07) is 0. The number of carbonyl (C=O) groups excluding carboxylic acids is 4. The van der Waals surface area contributed by atoms with E-state index in [1.807, 2.05) is 0 Å². The van der Waals surface area contributed by atoms with Gasteiger partial charge in [-0.1, -0.05) is 348 Å². The molecule has 688 valence electrons. The highest BCUT2D eigenvalue weighted by molar-refractivity contribution is 7.47. The minimum atomic E-state index is -5.80. The maximum absolute atomic E-state index is 14.9. The van der Waals surface area contributed by atoms with Crippen LogP contribution in [0.3, 0.4) is 0 Å². The van der Waals surface area contributed by atoms with Crippen molar-refractivity contribution < 1.29 is 122 Å². The Morgan fingerprint density at radius 3 is 1.03 bits per heavy atom. The van der Waals surface area contributed by atoms with Crippen LogP contribution >= 0.6 is 7.82 Å². The van der Waals surface area contributed by atoms with Crippen LogP contribution in [0.25, 0.3) is 0 Å². The van der Waals surface area contributed by atoms with Gasteiger partial charge in [0.2, 0.25) is 0 Å². The third-order valence-corrected chi connectivity index (χ3v) is 24.3. The summed E-state index contributed by atoms with van der Waals surface area (Å²) in [6.45, 7) is 5.61. The third-order valence-electron chi connectivity index (χ3n) is 23.3. The van der Waals surface area contributed by atoms with Crippen molar-refractivity contribution in [2.24, 2.45) is 0 Å². The monoisotopic (exact) mass is 1690 g/mol. The molecule has 0 bridgehead atoms. The van der Waals surface area contributed by atoms with Crippen molar-refractivity contribution in [3.63, 3.8) is 0 Å². The molecule has 26 heteroatoms. The van der Waals surface area contributed by atoms with Crippen LogP contribution in [0, 0.1) is 0 Å². The molecular weight excluding hydrogens is 1520 g/mol. The molecule has 18 unspecified atom stereocenters. The Morgan fingerprint density at radius 1 is 0.333 bits per heavy atom. The van der Waals surface area contributed by atoms with E-state index in [2.05, 4.69) is 39.8 Å². The molecule has 0 amide bonds. The number of phosphoric acid groups is 1. The van der Waals surface area contributed by atoms with Crippen LogP contribution in [0.5, 0.6) is 0 Å². The number of hydrogen-bond acceptors (Lipinski definition) is 24. The minimum Gasteiger partial charge on any atom is -0.463 e. The zero-order valence-electron chi connectivity index (χ0n) is 73.3. The number of carbonyl (C=O) groups is 4. The van der Waals surface area contributed by atoms with Crippen molar-refractivity contribution in [2.45, 2.75) is 517 Å². The largest absolute Gasteiger partial charge is 0.472 e. The molecule has 2 heterocycles. The second-order valence-corrected chi connectivity index (χ2v) is 35.3. The molecule has 3 rings (SSSR count). The Bertz CT molecular complexity index is 2480. The Balaban J connectivity index is 1.91. The van der Waals surface area contributed by atoms with Gasteiger partial charge in [-0.25, -0.2) is 4.57 Å². The van der Waals surface area contributed by atoms with Crippen LogP contribution < -0.4 is 0 Å². The van der Waals surface area contributed by atoms with Gasteiger partial charge in [0.1, 0.15) is 92.6 Å². The zero-order chi connectivity index (χ0) is 85.4. The molecule has 0 aromatic carbocycles. The number of hydrogen-bond donors (Lipinski definition) is 10. The first-order valence-corrected chi connectivity index (χ1v) is 48.9. The van der Waals surface area contributed by atoms with Crippen molar-refractivity contribution in [3.05, 3.63) is 12.2 Å². The van der Waals surface area contributed by atoms with Crippen molar-refractivity contribution in [1.29, 1.82) is 0 Å². The summed E-state index contributed by atoms with van der Waals surface area (Å²) in [7, 11) is -5.80. The number of ether oxygens (including phenoxy) is 8. The molecule has 0 spiro atoms. The average Bonchev–Trinajstić information content (AvgIpc) is 0.754. The summed E-state index contributed by atoms with van der Waals surface area (Å²) in [5.41, 5.74) is 0. The quantitative estimate of drug-likeness (QED) is 0.00889. The number of aliphatic hydroxyl groups is 9. The number of allylic oxidation sites excluding steroid dienone is 2. The highest BCUT2D eigenvalue weighted by Gasteiger charge is 2.60. The lowest BCUT2D eigenvalue weighted by atomic mass is 9.84. The first-order chi connectivity index (χ1) is 56.7. The number of rotatable bonds is 77. The molecule has 0 aromatic heterocycles. The van der Waals surface area contributed by atoms with E-state index >= 15 is 0 Å². The van der Waals surface area contributed by atoms with Crippen molar-refractivity contribution in [2.75, 3.05) is 26.4 Å². The number of aliphatic hydroxyl groups excluding tert-OH is 9. The van der Waals surface area contributed by atoms with Crippen molar-refractivity contribution in [1.82, 2.24) is 0 Å². The minimum absolute atomic E-state index is 0.0112. The lowest BCUT2D eigenvalue weighted by Crippen LogP contribution is -2.70. The molecule has 1 aliphatic carbocycles. The molecule has 2 saturated heterocycles. The van der Waals surface area contributed by atoms with E-state index in [-0.39, 0.29) is 25.7 Å².